The van der Waals surface area contributed by atoms with Gasteiger partial charge in [-0.2, -0.15) is 0 Å². The van der Waals surface area contributed by atoms with Crippen LogP contribution in [0, 0.1) is 9.49 Å². The standard InChI is InChI=1S/C12H19IN2/c1-11(8-14-5-2-3-6-14)9-15-7-4-12(13)10-15/h4,7,10-11H,2-3,5-6,8-9H2,1H3. The van der Waals surface area contributed by atoms with E-state index in [4.69, 9.17) is 0 Å². The van der Waals surface area contributed by atoms with E-state index in [-0.39, 0.29) is 0 Å². The minimum atomic E-state index is 0.756. The molecule has 1 saturated heterocycles. The van der Waals surface area contributed by atoms with Gasteiger partial charge in [0.25, 0.3) is 0 Å². The fourth-order valence-corrected chi connectivity index (χ4v) is 2.87. The Morgan fingerprint density at radius 1 is 1.33 bits per heavy atom. The molecule has 84 valence electrons. The van der Waals surface area contributed by atoms with Crippen molar-refractivity contribution in [2.45, 2.75) is 26.3 Å². The summed E-state index contributed by atoms with van der Waals surface area (Å²) >= 11 is 2.37. The van der Waals surface area contributed by atoms with Crippen LogP contribution in [0.2, 0.25) is 0 Å². The Hall–Kier alpha value is -0.0300. The molecular formula is C12H19IN2. The van der Waals surface area contributed by atoms with E-state index >= 15 is 0 Å². The number of aromatic nitrogens is 1. The molecule has 2 nitrogen and oxygen atoms in total. The lowest BCUT2D eigenvalue weighted by atomic mass is 10.1. The van der Waals surface area contributed by atoms with Gasteiger partial charge in [0.2, 0.25) is 0 Å². The van der Waals surface area contributed by atoms with Crippen molar-refractivity contribution in [2.75, 3.05) is 19.6 Å². The maximum Gasteiger partial charge on any atom is 0.0307 e. The number of halogens is 1. The van der Waals surface area contributed by atoms with Crippen molar-refractivity contribution in [3.8, 4) is 0 Å². The van der Waals surface area contributed by atoms with Gasteiger partial charge in [-0.25, -0.2) is 0 Å². The third-order valence-electron chi connectivity index (χ3n) is 3.01. The second-order valence-electron chi connectivity index (χ2n) is 4.64. The number of rotatable bonds is 4. The molecule has 0 amide bonds. The molecule has 1 atom stereocenters. The highest BCUT2D eigenvalue weighted by Gasteiger charge is 2.14. The SMILES string of the molecule is CC(CN1CCCC1)Cn1ccc(I)c1. The van der Waals surface area contributed by atoms with Gasteiger partial charge in [0.1, 0.15) is 0 Å². The van der Waals surface area contributed by atoms with Crippen LogP contribution in [0.4, 0.5) is 0 Å². The second kappa shape index (κ2) is 5.34. The van der Waals surface area contributed by atoms with Crippen LogP contribution >= 0.6 is 22.6 Å². The minimum absolute atomic E-state index is 0.756. The van der Waals surface area contributed by atoms with Gasteiger partial charge in [0.05, 0.1) is 0 Å². The minimum Gasteiger partial charge on any atom is -0.353 e. The van der Waals surface area contributed by atoms with Gasteiger partial charge in [-0.3, -0.25) is 0 Å². The van der Waals surface area contributed by atoms with Crippen molar-refractivity contribution in [1.29, 1.82) is 0 Å². The maximum absolute atomic E-state index is 2.60. The smallest absolute Gasteiger partial charge is 0.0307 e. The van der Waals surface area contributed by atoms with Crippen LogP contribution in [0.5, 0.6) is 0 Å². The Morgan fingerprint density at radius 2 is 2.07 bits per heavy atom. The van der Waals surface area contributed by atoms with Crippen molar-refractivity contribution >= 4 is 22.6 Å². The average Bonchev–Trinajstić information content (AvgIpc) is 2.77. The van der Waals surface area contributed by atoms with Crippen LogP contribution in [0.1, 0.15) is 19.8 Å². The van der Waals surface area contributed by atoms with Gasteiger partial charge in [-0.05, 0) is 60.5 Å². The molecule has 15 heavy (non-hydrogen) atoms. The lowest BCUT2D eigenvalue weighted by Gasteiger charge is -2.20. The van der Waals surface area contributed by atoms with Gasteiger partial charge in [-0.1, -0.05) is 6.92 Å². The summed E-state index contributed by atoms with van der Waals surface area (Å²) in [5.41, 5.74) is 0. The number of likely N-dealkylation sites (tertiary alicyclic amines) is 1. The maximum atomic E-state index is 2.60. The van der Waals surface area contributed by atoms with Crippen molar-refractivity contribution in [3.05, 3.63) is 22.0 Å². The third-order valence-corrected chi connectivity index (χ3v) is 3.64. The molecule has 1 aromatic rings. The molecule has 1 aromatic heterocycles. The zero-order chi connectivity index (χ0) is 10.7. The molecule has 0 aromatic carbocycles. The van der Waals surface area contributed by atoms with E-state index in [1.165, 1.54) is 36.0 Å². The van der Waals surface area contributed by atoms with E-state index in [1.54, 1.807) is 0 Å². The highest BCUT2D eigenvalue weighted by atomic mass is 127. The Kier molecular flexibility index (Phi) is 4.08. The monoisotopic (exact) mass is 318 g/mol. The molecule has 0 bridgehead atoms. The fraction of sp³-hybridized carbons (Fsp3) is 0.667. The highest BCUT2D eigenvalue weighted by Crippen LogP contribution is 2.12. The van der Waals surface area contributed by atoms with Gasteiger partial charge in [-0.15, -0.1) is 0 Å². The molecule has 2 heterocycles. The van der Waals surface area contributed by atoms with E-state index < -0.39 is 0 Å². The first-order chi connectivity index (χ1) is 7.24. The Labute approximate surface area is 106 Å². The van der Waals surface area contributed by atoms with E-state index in [0.717, 1.165) is 12.5 Å². The summed E-state index contributed by atoms with van der Waals surface area (Å²) in [6, 6.07) is 2.17. The largest absolute Gasteiger partial charge is 0.353 e. The summed E-state index contributed by atoms with van der Waals surface area (Å²) in [6.45, 7) is 7.39. The van der Waals surface area contributed by atoms with Crippen molar-refractivity contribution in [1.82, 2.24) is 9.47 Å². The van der Waals surface area contributed by atoms with Gasteiger partial charge in [0, 0.05) is 29.1 Å². The molecule has 2 rings (SSSR count). The van der Waals surface area contributed by atoms with Gasteiger partial charge in [0.15, 0.2) is 0 Å². The van der Waals surface area contributed by atoms with Gasteiger partial charge >= 0.3 is 0 Å². The first kappa shape index (κ1) is 11.5. The summed E-state index contributed by atoms with van der Waals surface area (Å²) in [5, 5.41) is 0. The number of hydrogen-bond donors (Lipinski definition) is 0. The van der Waals surface area contributed by atoms with Crippen LogP contribution in [0.15, 0.2) is 18.5 Å². The predicted molar refractivity (Wildman–Crippen MR) is 72.0 cm³/mol. The molecule has 1 aliphatic heterocycles. The van der Waals surface area contributed by atoms with E-state index in [2.05, 4.69) is 57.4 Å². The van der Waals surface area contributed by atoms with E-state index in [1.807, 2.05) is 0 Å². The zero-order valence-electron chi connectivity index (χ0n) is 9.32. The van der Waals surface area contributed by atoms with Crippen molar-refractivity contribution in [2.24, 2.45) is 5.92 Å². The molecule has 1 unspecified atom stereocenters. The average molecular weight is 318 g/mol. The Bertz CT molecular complexity index is 302. The lowest BCUT2D eigenvalue weighted by Crippen LogP contribution is -2.27. The van der Waals surface area contributed by atoms with Crippen molar-refractivity contribution in [3.63, 3.8) is 0 Å². The molecule has 1 aliphatic rings. The first-order valence-electron chi connectivity index (χ1n) is 5.77. The lowest BCUT2D eigenvalue weighted by molar-refractivity contribution is 0.272. The van der Waals surface area contributed by atoms with Gasteiger partial charge < -0.3 is 9.47 Å². The molecule has 0 radical (unpaired) electrons. The summed E-state index contributed by atoms with van der Waals surface area (Å²) in [4.78, 5) is 2.60. The summed E-state index contributed by atoms with van der Waals surface area (Å²) in [7, 11) is 0. The highest BCUT2D eigenvalue weighted by molar-refractivity contribution is 14.1. The van der Waals surface area contributed by atoms with Crippen LogP contribution < -0.4 is 0 Å². The second-order valence-corrected chi connectivity index (χ2v) is 5.89. The third kappa shape index (κ3) is 3.48. The predicted octanol–water partition coefficient (Wildman–Crippen LogP) is 2.82. The van der Waals surface area contributed by atoms with Crippen LogP contribution in [-0.2, 0) is 6.54 Å². The summed E-state index contributed by atoms with van der Waals surface area (Å²) in [5.74, 6) is 0.756. The zero-order valence-corrected chi connectivity index (χ0v) is 11.5. The molecule has 0 spiro atoms. The molecule has 0 saturated carbocycles. The topological polar surface area (TPSA) is 8.17 Å². The molecule has 0 aliphatic carbocycles. The van der Waals surface area contributed by atoms with Crippen molar-refractivity contribution < 1.29 is 0 Å². The Balaban J connectivity index is 1.78. The fourth-order valence-electron chi connectivity index (χ4n) is 2.35. The van der Waals surface area contributed by atoms with Crippen LogP contribution in [0.25, 0.3) is 0 Å². The molecular weight excluding hydrogens is 299 g/mol. The normalized spacial score (nSPS) is 19.6. The summed E-state index contributed by atoms with van der Waals surface area (Å²) < 4.78 is 3.64. The first-order valence-corrected chi connectivity index (χ1v) is 6.85. The van der Waals surface area contributed by atoms with E-state index in [9.17, 15) is 0 Å². The van der Waals surface area contributed by atoms with E-state index in [0.29, 0.717) is 0 Å². The van der Waals surface area contributed by atoms with Crippen LogP contribution in [-0.4, -0.2) is 29.1 Å². The molecule has 3 heteroatoms. The molecule has 1 fully saturated rings. The quantitative estimate of drug-likeness (QED) is 0.775. The summed E-state index contributed by atoms with van der Waals surface area (Å²) in [6.07, 6.45) is 7.20. The number of nitrogens with zero attached hydrogens (tertiary/aromatic N) is 2. The Morgan fingerprint density at radius 3 is 2.67 bits per heavy atom. The van der Waals surface area contributed by atoms with Crippen LogP contribution in [0.3, 0.4) is 0 Å². The number of hydrogen-bond acceptors (Lipinski definition) is 1. The molecule has 0 N–H and O–H groups in total.